The molecule has 1 aliphatic carbocycles. The van der Waals surface area contributed by atoms with E-state index in [0.29, 0.717) is 16.8 Å². The lowest BCUT2D eigenvalue weighted by Gasteiger charge is -2.18. The summed E-state index contributed by atoms with van der Waals surface area (Å²) in [6, 6.07) is 7.44. The van der Waals surface area contributed by atoms with Gasteiger partial charge in [-0.25, -0.2) is 13.1 Å². The van der Waals surface area contributed by atoms with Crippen molar-refractivity contribution in [3.8, 4) is 0 Å². The topological polar surface area (TPSA) is 64.0 Å². The minimum absolute atomic E-state index is 0.220. The number of nitrogens with zero attached hydrogens (tertiary/aromatic N) is 2. The minimum Gasteiger partial charge on any atom is -0.268 e. The molecule has 0 radical (unpaired) electrons. The van der Waals surface area contributed by atoms with Crippen LogP contribution in [0.15, 0.2) is 35.4 Å². The van der Waals surface area contributed by atoms with Crippen LogP contribution in [0.1, 0.15) is 63.8 Å². The van der Waals surface area contributed by atoms with Crippen LogP contribution >= 0.6 is 11.6 Å². The Morgan fingerprint density at radius 2 is 1.81 bits per heavy atom. The monoisotopic (exact) mass is 395 g/mol. The fourth-order valence-corrected chi connectivity index (χ4v) is 4.79. The summed E-state index contributed by atoms with van der Waals surface area (Å²) in [5, 5.41) is 5.31. The molecule has 1 aromatic heterocycles. The highest BCUT2D eigenvalue weighted by Crippen LogP contribution is 2.33. The molecule has 0 amide bonds. The zero-order valence-electron chi connectivity index (χ0n) is 15.5. The predicted molar refractivity (Wildman–Crippen MR) is 104 cm³/mol. The zero-order chi connectivity index (χ0) is 18.9. The van der Waals surface area contributed by atoms with Crippen molar-refractivity contribution < 1.29 is 8.42 Å². The van der Waals surface area contributed by atoms with E-state index in [0.717, 1.165) is 18.4 Å². The van der Waals surface area contributed by atoms with Crippen LogP contribution in [0, 0.1) is 0 Å². The number of nitrogens with one attached hydrogen (secondary N) is 1. The molecule has 5 nitrogen and oxygen atoms in total. The molecule has 3 rings (SSSR count). The van der Waals surface area contributed by atoms with Gasteiger partial charge in [-0.3, -0.25) is 4.68 Å². The molecule has 1 fully saturated rings. The molecule has 0 saturated heterocycles. The number of halogens is 1. The molecule has 0 spiro atoms. The van der Waals surface area contributed by atoms with E-state index in [1.807, 2.05) is 37.6 Å². The first-order chi connectivity index (χ1) is 12.2. The van der Waals surface area contributed by atoms with Crippen LogP contribution in [0.4, 0.5) is 0 Å². The van der Waals surface area contributed by atoms with Crippen molar-refractivity contribution >= 4 is 21.6 Å². The Labute approximate surface area is 160 Å². The molecule has 1 heterocycles. The maximum atomic E-state index is 13.0. The zero-order valence-corrected chi connectivity index (χ0v) is 17.1. The molecule has 0 unspecified atom stereocenters. The van der Waals surface area contributed by atoms with Gasteiger partial charge in [0.2, 0.25) is 10.0 Å². The van der Waals surface area contributed by atoms with Crippen LogP contribution in [0.2, 0.25) is 5.02 Å². The number of sulfonamides is 1. The highest BCUT2D eigenvalue weighted by atomic mass is 35.5. The van der Waals surface area contributed by atoms with Gasteiger partial charge in [0.15, 0.2) is 0 Å². The maximum absolute atomic E-state index is 13.0. The number of aromatic nitrogens is 2. The predicted octanol–water partition coefficient (Wildman–Crippen LogP) is 4.43. The lowest BCUT2D eigenvalue weighted by Crippen LogP contribution is -2.26. The van der Waals surface area contributed by atoms with E-state index < -0.39 is 10.0 Å². The summed E-state index contributed by atoms with van der Waals surface area (Å²) in [5.41, 5.74) is 1.13. The third-order valence-electron chi connectivity index (χ3n) is 4.78. The normalized spacial score (nSPS) is 16.3. The van der Waals surface area contributed by atoms with Gasteiger partial charge in [-0.05, 0) is 30.5 Å². The van der Waals surface area contributed by atoms with Gasteiger partial charge in [0, 0.05) is 23.2 Å². The average Bonchev–Trinajstić information content (AvgIpc) is 3.23. The molecule has 142 valence electrons. The van der Waals surface area contributed by atoms with Gasteiger partial charge in [-0.1, -0.05) is 57.3 Å². The molecule has 1 N–H and O–H groups in total. The van der Waals surface area contributed by atoms with Gasteiger partial charge in [0.1, 0.15) is 4.90 Å². The minimum atomic E-state index is -3.66. The van der Waals surface area contributed by atoms with Gasteiger partial charge in [0.25, 0.3) is 0 Å². The summed E-state index contributed by atoms with van der Waals surface area (Å²) in [6.45, 7) is 6.20. The van der Waals surface area contributed by atoms with Crippen LogP contribution < -0.4 is 4.72 Å². The lowest BCUT2D eigenvalue weighted by atomic mass is 9.92. The second kappa shape index (κ2) is 7.33. The van der Waals surface area contributed by atoms with Crippen LogP contribution in [-0.4, -0.2) is 18.2 Å². The fraction of sp³-hybridized carbons (Fsp3) is 0.526. The van der Waals surface area contributed by atoms with Gasteiger partial charge < -0.3 is 0 Å². The third-order valence-corrected chi connectivity index (χ3v) is 6.43. The Morgan fingerprint density at radius 3 is 2.38 bits per heavy atom. The summed E-state index contributed by atoms with van der Waals surface area (Å²) < 4.78 is 30.5. The van der Waals surface area contributed by atoms with E-state index in [4.69, 9.17) is 11.6 Å². The first-order valence-corrected chi connectivity index (χ1v) is 10.9. The maximum Gasteiger partial charge on any atom is 0.244 e. The van der Waals surface area contributed by atoms with E-state index in [9.17, 15) is 8.42 Å². The second-order valence-electron chi connectivity index (χ2n) is 7.96. The van der Waals surface area contributed by atoms with E-state index in [2.05, 4.69) is 9.82 Å². The number of hydrogen-bond acceptors (Lipinski definition) is 3. The summed E-state index contributed by atoms with van der Waals surface area (Å²) in [5.74, 6) is 0. The Morgan fingerprint density at radius 1 is 1.19 bits per heavy atom. The van der Waals surface area contributed by atoms with Crippen molar-refractivity contribution in [1.29, 1.82) is 0 Å². The van der Waals surface area contributed by atoms with Crippen molar-refractivity contribution in [2.24, 2.45) is 0 Å². The molecule has 2 aromatic rings. The largest absolute Gasteiger partial charge is 0.268 e. The van der Waals surface area contributed by atoms with Gasteiger partial charge in [-0.15, -0.1) is 0 Å². The number of benzene rings is 1. The van der Waals surface area contributed by atoms with Crippen LogP contribution in [-0.2, 0) is 22.0 Å². The Bertz CT molecular complexity index is 861. The Kier molecular flexibility index (Phi) is 5.47. The van der Waals surface area contributed by atoms with Gasteiger partial charge >= 0.3 is 0 Å². The molecule has 0 atom stereocenters. The molecular formula is C19H26ClN3O2S. The number of hydrogen-bond donors (Lipinski definition) is 1. The van der Waals surface area contributed by atoms with Gasteiger partial charge in [0.05, 0.1) is 11.7 Å². The summed E-state index contributed by atoms with van der Waals surface area (Å²) >= 11 is 5.88. The van der Waals surface area contributed by atoms with Gasteiger partial charge in [-0.2, -0.15) is 5.10 Å². The Balaban J connectivity index is 1.88. The van der Waals surface area contributed by atoms with E-state index in [1.165, 1.54) is 12.8 Å². The van der Waals surface area contributed by atoms with E-state index in [1.54, 1.807) is 18.3 Å². The first-order valence-electron chi connectivity index (χ1n) is 9.00. The smallest absolute Gasteiger partial charge is 0.244 e. The molecule has 0 bridgehead atoms. The van der Waals surface area contributed by atoms with E-state index >= 15 is 0 Å². The molecule has 26 heavy (non-hydrogen) atoms. The summed E-state index contributed by atoms with van der Waals surface area (Å²) in [4.78, 5) is 0.283. The van der Waals surface area contributed by atoms with Crippen LogP contribution in [0.3, 0.4) is 0 Å². The molecule has 0 aliphatic heterocycles. The first kappa shape index (κ1) is 19.4. The van der Waals surface area contributed by atoms with Crippen molar-refractivity contribution in [3.63, 3.8) is 0 Å². The SMILES string of the molecule is CC(C)(C)c1nn(C2CCCC2)cc1S(=O)(=O)NCc1ccc(Cl)cc1. The molecule has 1 aliphatic rings. The Hall–Kier alpha value is -1.37. The van der Waals surface area contributed by atoms with Crippen molar-refractivity contribution in [2.75, 3.05) is 0 Å². The average molecular weight is 396 g/mol. The lowest BCUT2D eigenvalue weighted by molar-refractivity contribution is 0.448. The molecule has 1 saturated carbocycles. The molecule has 1 aromatic carbocycles. The highest BCUT2D eigenvalue weighted by Gasteiger charge is 2.31. The van der Waals surface area contributed by atoms with Crippen molar-refractivity contribution in [1.82, 2.24) is 14.5 Å². The molecular weight excluding hydrogens is 370 g/mol. The van der Waals surface area contributed by atoms with Crippen molar-refractivity contribution in [3.05, 3.63) is 46.7 Å². The van der Waals surface area contributed by atoms with Crippen molar-refractivity contribution in [2.45, 2.75) is 69.4 Å². The van der Waals surface area contributed by atoms with Crippen LogP contribution in [0.25, 0.3) is 0 Å². The second-order valence-corrected chi connectivity index (χ2v) is 10.1. The third kappa shape index (κ3) is 4.30. The highest BCUT2D eigenvalue weighted by molar-refractivity contribution is 7.89. The fourth-order valence-electron chi connectivity index (χ4n) is 3.31. The number of rotatable bonds is 5. The standard InChI is InChI=1S/C19H26ClN3O2S/c1-19(2,3)18-17(13-23(22-18)16-6-4-5-7-16)26(24,25)21-12-14-8-10-15(20)11-9-14/h8-11,13,16,21H,4-7,12H2,1-3H3. The summed E-state index contributed by atoms with van der Waals surface area (Å²) in [7, 11) is -3.66. The van der Waals surface area contributed by atoms with E-state index in [-0.39, 0.29) is 16.9 Å². The quantitative estimate of drug-likeness (QED) is 0.814. The molecule has 7 heteroatoms. The van der Waals surface area contributed by atoms with Crippen LogP contribution in [0.5, 0.6) is 0 Å². The summed E-state index contributed by atoms with van der Waals surface area (Å²) in [6.07, 6.45) is 6.17.